The summed E-state index contributed by atoms with van der Waals surface area (Å²) in [7, 11) is -0.388. The minimum atomic E-state index is -0.388. The van der Waals surface area contributed by atoms with Gasteiger partial charge in [0.15, 0.2) is 5.82 Å². The van der Waals surface area contributed by atoms with E-state index >= 15 is 0 Å². The molecule has 1 aromatic heterocycles. The van der Waals surface area contributed by atoms with Crippen LogP contribution in [0, 0.1) is 0 Å². The van der Waals surface area contributed by atoms with Crippen LogP contribution in [0.1, 0.15) is 52.7 Å². The van der Waals surface area contributed by atoms with Gasteiger partial charge in [0.1, 0.15) is 0 Å². The molecule has 5 heteroatoms. The Balaban J connectivity index is 1.49. The van der Waals surface area contributed by atoms with Crippen LogP contribution in [0.3, 0.4) is 0 Å². The molecule has 3 aromatic carbocycles. The standard InChI is InChI=1S/C31H31BN2O2/c1-29(2)24-15-11-10-14-23(24)27-25(29)26(33-28(34-27)21-12-8-7-9-13-21)20-16-18-22(19-17-20)32-35-30(3,4)31(5,6)36-32/h7-19H,1-6H3. The third kappa shape index (κ3) is 3.45. The van der Waals surface area contributed by atoms with Gasteiger partial charge in [-0.3, -0.25) is 0 Å². The molecule has 36 heavy (non-hydrogen) atoms. The lowest BCUT2D eigenvalue weighted by atomic mass is 9.77. The highest BCUT2D eigenvalue weighted by molar-refractivity contribution is 6.62. The van der Waals surface area contributed by atoms with Gasteiger partial charge in [0.2, 0.25) is 0 Å². The Morgan fingerprint density at radius 3 is 1.86 bits per heavy atom. The van der Waals surface area contributed by atoms with E-state index in [9.17, 15) is 0 Å². The quantitative estimate of drug-likeness (QED) is 0.322. The second kappa shape index (κ2) is 7.86. The van der Waals surface area contributed by atoms with Gasteiger partial charge >= 0.3 is 7.12 Å². The topological polar surface area (TPSA) is 44.2 Å². The first-order valence-electron chi connectivity index (χ1n) is 12.6. The van der Waals surface area contributed by atoms with E-state index in [1.807, 2.05) is 18.2 Å². The first-order valence-corrected chi connectivity index (χ1v) is 12.6. The van der Waals surface area contributed by atoms with Crippen LogP contribution in [0.2, 0.25) is 0 Å². The van der Waals surface area contributed by atoms with Crippen LogP contribution in [0.25, 0.3) is 33.9 Å². The monoisotopic (exact) mass is 474 g/mol. The number of rotatable bonds is 3. The highest BCUT2D eigenvalue weighted by Gasteiger charge is 2.51. The van der Waals surface area contributed by atoms with Crippen molar-refractivity contribution in [3.05, 3.63) is 90.0 Å². The third-order valence-electron chi connectivity index (χ3n) is 8.13. The molecular formula is C31H31BN2O2. The lowest BCUT2D eigenvalue weighted by Gasteiger charge is -2.32. The molecule has 4 aromatic rings. The Hall–Kier alpha value is -3.28. The minimum Gasteiger partial charge on any atom is -0.399 e. The van der Waals surface area contributed by atoms with E-state index in [2.05, 4.69) is 102 Å². The molecule has 0 atom stereocenters. The maximum Gasteiger partial charge on any atom is 0.494 e. The molecule has 2 heterocycles. The smallest absolute Gasteiger partial charge is 0.399 e. The van der Waals surface area contributed by atoms with Crippen molar-refractivity contribution in [1.29, 1.82) is 0 Å². The first-order chi connectivity index (χ1) is 17.1. The van der Waals surface area contributed by atoms with E-state index in [-0.39, 0.29) is 23.7 Å². The van der Waals surface area contributed by atoms with Gasteiger partial charge in [-0.15, -0.1) is 0 Å². The number of nitrogens with zero attached hydrogens (tertiary/aromatic N) is 2. The fraction of sp³-hybridized carbons (Fsp3) is 0.290. The van der Waals surface area contributed by atoms with E-state index in [4.69, 9.17) is 19.3 Å². The summed E-state index contributed by atoms with van der Waals surface area (Å²) < 4.78 is 12.5. The Bertz CT molecular complexity index is 1440. The average molecular weight is 474 g/mol. The van der Waals surface area contributed by atoms with Gasteiger partial charge < -0.3 is 9.31 Å². The summed E-state index contributed by atoms with van der Waals surface area (Å²) in [6, 6.07) is 27.3. The van der Waals surface area contributed by atoms with Gasteiger partial charge in [-0.25, -0.2) is 9.97 Å². The van der Waals surface area contributed by atoms with E-state index < -0.39 is 0 Å². The van der Waals surface area contributed by atoms with Gasteiger partial charge in [-0.2, -0.15) is 0 Å². The van der Waals surface area contributed by atoms with Crippen molar-refractivity contribution in [2.24, 2.45) is 0 Å². The summed E-state index contributed by atoms with van der Waals surface area (Å²) in [5, 5.41) is 0. The fourth-order valence-corrected chi connectivity index (χ4v) is 5.32. The van der Waals surface area contributed by atoms with Gasteiger partial charge in [-0.05, 0) is 38.7 Å². The summed E-state index contributed by atoms with van der Waals surface area (Å²) in [6.45, 7) is 12.9. The zero-order valence-electron chi connectivity index (χ0n) is 21.8. The normalized spacial score (nSPS) is 18.7. The predicted molar refractivity (Wildman–Crippen MR) is 146 cm³/mol. The Morgan fingerprint density at radius 1 is 0.611 bits per heavy atom. The molecule has 180 valence electrons. The Kier molecular flexibility index (Phi) is 5.05. The molecule has 4 nitrogen and oxygen atoms in total. The van der Waals surface area contributed by atoms with Crippen LogP contribution in [0.15, 0.2) is 78.9 Å². The Labute approximate surface area is 213 Å². The molecule has 1 aliphatic heterocycles. The lowest BCUT2D eigenvalue weighted by Crippen LogP contribution is -2.41. The fourth-order valence-electron chi connectivity index (χ4n) is 5.32. The Morgan fingerprint density at radius 2 is 1.19 bits per heavy atom. The average Bonchev–Trinajstić information content (AvgIpc) is 3.24. The molecule has 6 rings (SSSR count). The maximum absolute atomic E-state index is 6.27. The largest absolute Gasteiger partial charge is 0.494 e. The van der Waals surface area contributed by atoms with Crippen molar-refractivity contribution in [2.75, 3.05) is 0 Å². The number of hydrogen-bond acceptors (Lipinski definition) is 4. The molecule has 0 bridgehead atoms. The SMILES string of the molecule is CC1(C)c2ccccc2-c2nc(-c3ccccc3)nc(-c3ccc(B4OC(C)(C)C(C)(C)O4)cc3)c21. The van der Waals surface area contributed by atoms with Crippen LogP contribution in [-0.2, 0) is 14.7 Å². The van der Waals surface area contributed by atoms with Crippen molar-refractivity contribution in [2.45, 2.75) is 58.2 Å². The molecule has 1 fully saturated rings. The van der Waals surface area contributed by atoms with Crippen molar-refractivity contribution < 1.29 is 9.31 Å². The zero-order chi connectivity index (χ0) is 25.3. The predicted octanol–water partition coefficient (Wildman–Crippen LogP) is 6.42. The highest BCUT2D eigenvalue weighted by atomic mass is 16.7. The molecule has 0 saturated carbocycles. The highest BCUT2D eigenvalue weighted by Crippen LogP contribution is 2.51. The van der Waals surface area contributed by atoms with Crippen LogP contribution in [0.4, 0.5) is 0 Å². The molecule has 1 saturated heterocycles. The van der Waals surface area contributed by atoms with E-state index in [1.165, 1.54) is 16.7 Å². The van der Waals surface area contributed by atoms with E-state index in [0.29, 0.717) is 0 Å². The summed E-state index contributed by atoms with van der Waals surface area (Å²) in [5.74, 6) is 0.742. The lowest BCUT2D eigenvalue weighted by molar-refractivity contribution is 0.00578. The van der Waals surface area contributed by atoms with Crippen LogP contribution >= 0.6 is 0 Å². The van der Waals surface area contributed by atoms with Crippen molar-refractivity contribution in [3.8, 4) is 33.9 Å². The van der Waals surface area contributed by atoms with E-state index in [1.54, 1.807) is 0 Å². The molecule has 0 radical (unpaired) electrons. The number of hydrogen-bond donors (Lipinski definition) is 0. The van der Waals surface area contributed by atoms with Gasteiger partial charge in [0.25, 0.3) is 0 Å². The number of fused-ring (bicyclic) bond motifs is 3. The number of aromatic nitrogens is 2. The van der Waals surface area contributed by atoms with Crippen LogP contribution < -0.4 is 5.46 Å². The summed E-state index contributed by atoms with van der Waals surface area (Å²) in [4.78, 5) is 10.3. The summed E-state index contributed by atoms with van der Waals surface area (Å²) in [5.41, 5.74) is 7.77. The first kappa shape index (κ1) is 23.1. The molecule has 0 amide bonds. The molecule has 0 N–H and O–H groups in total. The molecule has 0 spiro atoms. The van der Waals surface area contributed by atoms with Crippen LogP contribution in [0.5, 0.6) is 0 Å². The molecule has 0 unspecified atom stereocenters. The summed E-state index contributed by atoms with van der Waals surface area (Å²) in [6.07, 6.45) is 0. The van der Waals surface area contributed by atoms with Crippen LogP contribution in [-0.4, -0.2) is 28.3 Å². The number of benzene rings is 3. The van der Waals surface area contributed by atoms with Crippen molar-refractivity contribution >= 4 is 12.6 Å². The zero-order valence-corrected chi connectivity index (χ0v) is 21.8. The second-order valence-electron chi connectivity index (χ2n) is 11.4. The summed E-state index contributed by atoms with van der Waals surface area (Å²) >= 11 is 0. The molecular weight excluding hydrogens is 443 g/mol. The van der Waals surface area contributed by atoms with E-state index in [0.717, 1.165) is 33.8 Å². The molecule has 1 aliphatic carbocycles. The third-order valence-corrected chi connectivity index (χ3v) is 8.13. The minimum absolute atomic E-state index is 0.207. The van der Waals surface area contributed by atoms with Gasteiger partial charge in [0.05, 0.1) is 22.6 Å². The molecule has 2 aliphatic rings. The van der Waals surface area contributed by atoms with Crippen molar-refractivity contribution in [3.63, 3.8) is 0 Å². The van der Waals surface area contributed by atoms with Gasteiger partial charge in [-0.1, -0.05) is 92.7 Å². The second-order valence-corrected chi connectivity index (χ2v) is 11.4. The van der Waals surface area contributed by atoms with Crippen molar-refractivity contribution in [1.82, 2.24) is 9.97 Å². The maximum atomic E-state index is 6.27. The van der Waals surface area contributed by atoms with Gasteiger partial charge in [0, 0.05) is 27.7 Å².